The molecule has 0 radical (unpaired) electrons. The van der Waals surface area contributed by atoms with Gasteiger partial charge in [-0.15, -0.1) is 0 Å². The molecular weight excluding hydrogens is 424 g/mol. The van der Waals surface area contributed by atoms with Gasteiger partial charge >= 0.3 is 12.1 Å². The van der Waals surface area contributed by atoms with Gasteiger partial charge in [0.1, 0.15) is 12.6 Å². The van der Waals surface area contributed by atoms with Crippen LogP contribution in [0, 0.1) is 5.92 Å². The van der Waals surface area contributed by atoms with Crippen molar-refractivity contribution in [3.8, 4) is 11.1 Å². The first kappa shape index (κ1) is 22.8. The molecule has 0 spiro atoms. The number of rotatable bonds is 7. The maximum atomic E-state index is 12.6. The van der Waals surface area contributed by atoms with Crippen molar-refractivity contribution in [2.75, 3.05) is 19.8 Å². The van der Waals surface area contributed by atoms with E-state index in [1.165, 1.54) is 6.92 Å². The zero-order chi connectivity index (χ0) is 23.4. The fourth-order valence-corrected chi connectivity index (χ4v) is 4.58. The molecule has 0 aromatic heterocycles. The number of carboxylic acids is 1. The van der Waals surface area contributed by atoms with E-state index in [1.54, 1.807) is 0 Å². The van der Waals surface area contributed by atoms with Gasteiger partial charge in [-0.1, -0.05) is 48.5 Å². The Morgan fingerprint density at radius 3 is 2.36 bits per heavy atom. The molecule has 33 heavy (non-hydrogen) atoms. The Balaban J connectivity index is 1.35. The molecule has 1 saturated heterocycles. The minimum atomic E-state index is -1.10. The van der Waals surface area contributed by atoms with Gasteiger partial charge in [0.2, 0.25) is 5.91 Å². The van der Waals surface area contributed by atoms with Gasteiger partial charge in [-0.2, -0.15) is 0 Å². The number of carbonyl (C=O) groups excluding carboxylic acids is 2. The number of hydrogen-bond donors (Lipinski definition) is 3. The highest BCUT2D eigenvalue weighted by molar-refractivity contribution is 5.83. The Kier molecular flexibility index (Phi) is 6.93. The average Bonchev–Trinajstić information content (AvgIpc) is 3.12. The number of carbonyl (C=O) groups is 3. The lowest BCUT2D eigenvalue weighted by atomic mass is 9.92. The van der Waals surface area contributed by atoms with Crippen molar-refractivity contribution in [2.24, 2.45) is 5.92 Å². The van der Waals surface area contributed by atoms with Crippen LogP contribution in [0.1, 0.15) is 36.8 Å². The minimum absolute atomic E-state index is 0.0306. The van der Waals surface area contributed by atoms with Gasteiger partial charge in [0.15, 0.2) is 0 Å². The van der Waals surface area contributed by atoms with Crippen LogP contribution in [0.25, 0.3) is 11.1 Å². The molecule has 2 unspecified atom stereocenters. The molecule has 3 N–H and O–H groups in total. The molecule has 1 aliphatic carbocycles. The first-order valence-corrected chi connectivity index (χ1v) is 11.2. The van der Waals surface area contributed by atoms with Crippen molar-refractivity contribution < 1.29 is 29.0 Å². The van der Waals surface area contributed by atoms with E-state index < -0.39 is 18.1 Å². The molecular formula is C25H28N2O6. The number of nitrogens with one attached hydrogen (secondary N) is 2. The Bertz CT molecular complexity index is 994. The van der Waals surface area contributed by atoms with Crippen molar-refractivity contribution in [1.82, 2.24) is 10.6 Å². The van der Waals surface area contributed by atoms with Gasteiger partial charge in [0.05, 0.1) is 6.61 Å². The Morgan fingerprint density at radius 1 is 1.09 bits per heavy atom. The monoisotopic (exact) mass is 452 g/mol. The van der Waals surface area contributed by atoms with Crippen LogP contribution in [0.15, 0.2) is 48.5 Å². The molecule has 8 heteroatoms. The van der Waals surface area contributed by atoms with Crippen molar-refractivity contribution in [3.63, 3.8) is 0 Å². The molecule has 3 atom stereocenters. The SMILES string of the molecule is C[C@H](NC(=O)CC1COCCC1NC(=O)OCC1c2ccccc2-c2ccccc21)C(=O)O. The lowest BCUT2D eigenvalue weighted by molar-refractivity contribution is -0.141. The van der Waals surface area contributed by atoms with Gasteiger partial charge in [0, 0.05) is 30.9 Å². The number of benzene rings is 2. The fourth-order valence-electron chi connectivity index (χ4n) is 4.58. The second kappa shape index (κ2) is 10.0. The van der Waals surface area contributed by atoms with Crippen LogP contribution < -0.4 is 10.6 Å². The van der Waals surface area contributed by atoms with Gasteiger partial charge in [0.25, 0.3) is 0 Å². The second-order valence-corrected chi connectivity index (χ2v) is 8.53. The van der Waals surface area contributed by atoms with Crippen LogP contribution in [-0.2, 0) is 19.1 Å². The number of amides is 2. The smallest absolute Gasteiger partial charge is 0.407 e. The summed E-state index contributed by atoms with van der Waals surface area (Å²) in [6.45, 7) is 2.40. The molecule has 4 rings (SSSR count). The number of carboxylic acid groups (broad SMARTS) is 1. The highest BCUT2D eigenvalue weighted by Gasteiger charge is 2.32. The summed E-state index contributed by atoms with van der Waals surface area (Å²) in [4.78, 5) is 35.8. The molecule has 2 aliphatic rings. The second-order valence-electron chi connectivity index (χ2n) is 8.53. The topological polar surface area (TPSA) is 114 Å². The molecule has 2 amide bonds. The number of aliphatic carboxylic acids is 1. The molecule has 0 saturated carbocycles. The first-order valence-electron chi connectivity index (χ1n) is 11.2. The van der Waals surface area contributed by atoms with Crippen molar-refractivity contribution in [2.45, 2.75) is 37.8 Å². The molecule has 0 bridgehead atoms. The Labute approximate surface area is 192 Å². The summed E-state index contributed by atoms with van der Waals surface area (Å²) in [5, 5.41) is 14.3. The van der Waals surface area contributed by atoms with E-state index in [4.69, 9.17) is 14.6 Å². The Morgan fingerprint density at radius 2 is 1.73 bits per heavy atom. The molecule has 1 heterocycles. The number of fused-ring (bicyclic) bond motifs is 3. The third kappa shape index (κ3) is 5.17. The van der Waals surface area contributed by atoms with Gasteiger partial charge in [-0.3, -0.25) is 9.59 Å². The van der Waals surface area contributed by atoms with Crippen LogP contribution >= 0.6 is 0 Å². The number of ether oxygens (including phenoxy) is 2. The molecule has 174 valence electrons. The molecule has 1 fully saturated rings. The van der Waals surface area contributed by atoms with E-state index in [1.807, 2.05) is 24.3 Å². The molecule has 2 aromatic rings. The quantitative estimate of drug-likeness (QED) is 0.595. The predicted molar refractivity (Wildman–Crippen MR) is 121 cm³/mol. The minimum Gasteiger partial charge on any atom is -0.480 e. The molecule has 2 aromatic carbocycles. The van der Waals surface area contributed by atoms with E-state index in [9.17, 15) is 14.4 Å². The Hall–Kier alpha value is -3.39. The predicted octanol–water partition coefficient (Wildman–Crippen LogP) is 2.91. The first-order chi connectivity index (χ1) is 15.9. The van der Waals surface area contributed by atoms with E-state index >= 15 is 0 Å². The lowest BCUT2D eigenvalue weighted by Crippen LogP contribution is -2.48. The van der Waals surface area contributed by atoms with Crippen LogP contribution in [0.5, 0.6) is 0 Å². The highest BCUT2D eigenvalue weighted by Crippen LogP contribution is 2.44. The zero-order valence-corrected chi connectivity index (χ0v) is 18.5. The highest BCUT2D eigenvalue weighted by atomic mass is 16.5. The van der Waals surface area contributed by atoms with E-state index in [0.717, 1.165) is 22.3 Å². The van der Waals surface area contributed by atoms with Crippen LogP contribution in [0.2, 0.25) is 0 Å². The lowest BCUT2D eigenvalue weighted by Gasteiger charge is -2.31. The third-order valence-corrected chi connectivity index (χ3v) is 6.32. The van der Waals surface area contributed by atoms with Gasteiger partial charge < -0.3 is 25.2 Å². The summed E-state index contributed by atoms with van der Waals surface area (Å²) in [5.74, 6) is -1.78. The maximum Gasteiger partial charge on any atom is 0.407 e. The van der Waals surface area contributed by atoms with Crippen molar-refractivity contribution in [1.29, 1.82) is 0 Å². The summed E-state index contributed by atoms with van der Waals surface area (Å²) in [7, 11) is 0. The normalized spacial score (nSPS) is 20.3. The third-order valence-electron chi connectivity index (χ3n) is 6.32. The van der Waals surface area contributed by atoms with Crippen LogP contribution in [0.4, 0.5) is 4.79 Å². The largest absolute Gasteiger partial charge is 0.480 e. The van der Waals surface area contributed by atoms with Gasteiger partial charge in [-0.25, -0.2) is 4.79 Å². The molecule has 8 nitrogen and oxygen atoms in total. The summed E-state index contributed by atoms with van der Waals surface area (Å²) in [6, 6.07) is 15.0. The fraction of sp³-hybridized carbons (Fsp3) is 0.400. The van der Waals surface area contributed by atoms with E-state index in [0.29, 0.717) is 19.6 Å². The van der Waals surface area contributed by atoms with Crippen molar-refractivity contribution >= 4 is 18.0 Å². The van der Waals surface area contributed by atoms with E-state index in [-0.39, 0.29) is 36.8 Å². The average molecular weight is 453 g/mol. The number of hydrogen-bond acceptors (Lipinski definition) is 5. The summed E-state index contributed by atoms with van der Waals surface area (Å²) >= 11 is 0. The summed E-state index contributed by atoms with van der Waals surface area (Å²) in [6.07, 6.45) is 0.0795. The summed E-state index contributed by atoms with van der Waals surface area (Å²) < 4.78 is 11.1. The van der Waals surface area contributed by atoms with E-state index in [2.05, 4.69) is 34.9 Å². The zero-order valence-electron chi connectivity index (χ0n) is 18.5. The van der Waals surface area contributed by atoms with Crippen LogP contribution in [-0.4, -0.2) is 55.0 Å². The standard InChI is InChI=1S/C25H28N2O6/c1-15(24(29)30)26-23(28)12-16-13-32-11-10-22(16)27-25(31)33-14-21-19-8-4-2-6-17(19)18-7-3-5-9-20(18)21/h2-9,15-16,21-22H,10-14H2,1H3,(H,26,28)(H,27,31)(H,29,30)/t15-,16?,22?/m0/s1. The van der Waals surface area contributed by atoms with Crippen LogP contribution in [0.3, 0.4) is 0 Å². The summed E-state index contributed by atoms with van der Waals surface area (Å²) in [5.41, 5.74) is 4.60. The van der Waals surface area contributed by atoms with Crippen molar-refractivity contribution in [3.05, 3.63) is 59.7 Å². The number of alkyl carbamates (subject to hydrolysis) is 1. The molecule has 1 aliphatic heterocycles. The van der Waals surface area contributed by atoms with Gasteiger partial charge in [-0.05, 0) is 35.6 Å². The maximum absolute atomic E-state index is 12.6.